The molecule has 0 atom stereocenters. The molecule has 0 heterocycles. The predicted octanol–water partition coefficient (Wildman–Crippen LogP) is 3.90. The zero-order valence-electron chi connectivity index (χ0n) is 6.60. The molecule has 0 nitrogen and oxygen atoms in total. The molecule has 0 aliphatic carbocycles. The van der Waals surface area contributed by atoms with Gasteiger partial charge in [-0.05, 0) is 0 Å². The summed E-state index contributed by atoms with van der Waals surface area (Å²) in [6.07, 6.45) is 0. The van der Waals surface area contributed by atoms with E-state index in [2.05, 4.69) is 0 Å². The molecule has 0 saturated heterocycles. The van der Waals surface area contributed by atoms with Gasteiger partial charge in [-0.2, -0.15) is 0 Å². The smallest absolute Gasteiger partial charge is 0.418 e. The van der Waals surface area contributed by atoms with Crippen molar-refractivity contribution < 1.29 is 71.9 Å². The molecule has 16 heavy (non-hydrogen) atoms. The number of hydrogen-bond donors (Lipinski definition) is 0. The summed E-state index contributed by atoms with van der Waals surface area (Å²) in [5, 5.41) is 0. The molecule has 0 unspecified atom stereocenters. The van der Waals surface area contributed by atoms with E-state index in [1.807, 2.05) is 0 Å². The summed E-state index contributed by atoms with van der Waals surface area (Å²) in [5.74, 6) is 0. The van der Waals surface area contributed by atoms with Crippen molar-refractivity contribution in [3.05, 3.63) is 0 Å². The third kappa shape index (κ3) is 137000000. The van der Waals surface area contributed by atoms with Gasteiger partial charge in [0.2, 0.25) is 0 Å². The normalized spacial score (nSPS) is 11.2. The van der Waals surface area contributed by atoms with Crippen LogP contribution in [0.5, 0.6) is 0 Å². The molecule has 0 aromatic carbocycles. The van der Waals surface area contributed by atoms with Gasteiger partial charge in [0.05, 0.1) is 0 Å². The molecule has 0 aromatic heterocycles. The van der Waals surface area contributed by atoms with Gasteiger partial charge in [0.15, 0.2) is 0 Å². The fourth-order valence-corrected chi connectivity index (χ4v) is 0. The molecule has 0 saturated carbocycles. The summed E-state index contributed by atoms with van der Waals surface area (Å²) in [6, 6.07) is 0. The van der Waals surface area contributed by atoms with Crippen molar-refractivity contribution in [2.75, 3.05) is 0 Å². The van der Waals surface area contributed by atoms with Crippen LogP contribution in [0.3, 0.4) is 0 Å². The largest absolute Gasteiger partial charge is 3.00 e. The standard InChI is InChI=1S/3BF4.Ir/c3*2-1(3,4)5;/q3*-1;+3. The van der Waals surface area contributed by atoms with E-state index in [0.29, 0.717) is 0 Å². The van der Waals surface area contributed by atoms with E-state index in [1.165, 1.54) is 0 Å². The zero-order chi connectivity index (χ0) is 13.5. The van der Waals surface area contributed by atoms with Crippen molar-refractivity contribution in [1.29, 1.82) is 0 Å². The van der Waals surface area contributed by atoms with E-state index in [9.17, 15) is 51.8 Å². The van der Waals surface area contributed by atoms with Crippen LogP contribution < -0.4 is 0 Å². The van der Waals surface area contributed by atoms with Gasteiger partial charge in [0, 0.05) is 0 Å². The monoisotopic (exact) mass is 454 g/mol. The van der Waals surface area contributed by atoms with E-state index in [4.69, 9.17) is 0 Å². The second-order valence-corrected chi connectivity index (χ2v) is 1.48. The van der Waals surface area contributed by atoms with Crippen molar-refractivity contribution in [1.82, 2.24) is 0 Å². The van der Waals surface area contributed by atoms with E-state index in [0.717, 1.165) is 0 Å². The Morgan fingerprint density at radius 3 is 0.312 bits per heavy atom. The topological polar surface area (TPSA) is 0 Å². The molecule has 0 fully saturated rings. The second kappa shape index (κ2) is 9.08. The van der Waals surface area contributed by atoms with Crippen LogP contribution in [0.4, 0.5) is 51.8 Å². The first-order chi connectivity index (χ1) is 6.00. The van der Waals surface area contributed by atoms with Gasteiger partial charge in [0.25, 0.3) is 0 Å². The van der Waals surface area contributed by atoms with Crippen LogP contribution >= 0.6 is 0 Å². The van der Waals surface area contributed by atoms with Crippen LogP contribution in [0.1, 0.15) is 0 Å². The van der Waals surface area contributed by atoms with Crippen molar-refractivity contribution in [2.45, 2.75) is 0 Å². The summed E-state index contributed by atoms with van der Waals surface area (Å²) in [7, 11) is -18.0. The quantitative estimate of drug-likeness (QED) is 0.386. The molecule has 0 radical (unpaired) electrons. The maximum atomic E-state index is 9.75. The van der Waals surface area contributed by atoms with Crippen molar-refractivity contribution in [2.24, 2.45) is 0 Å². The van der Waals surface area contributed by atoms with E-state index < -0.39 is 21.8 Å². The van der Waals surface area contributed by atoms with Crippen LogP contribution in [-0.2, 0) is 20.1 Å². The Morgan fingerprint density at radius 1 is 0.312 bits per heavy atom. The molecular weight excluding hydrogens is 453 g/mol. The zero-order valence-corrected chi connectivity index (χ0v) is 9.00. The Bertz CT molecular complexity index is 91.3. The van der Waals surface area contributed by atoms with Crippen molar-refractivity contribution in [3.8, 4) is 0 Å². The molecule has 0 amide bonds. The summed E-state index contributed by atoms with van der Waals surface area (Å²) in [4.78, 5) is 0. The second-order valence-electron chi connectivity index (χ2n) is 1.48. The first kappa shape index (κ1) is 25.0. The van der Waals surface area contributed by atoms with Gasteiger partial charge in [-0.3, -0.25) is 0 Å². The third-order valence-corrected chi connectivity index (χ3v) is 0. The van der Waals surface area contributed by atoms with Gasteiger partial charge in [0.1, 0.15) is 0 Å². The third-order valence-electron chi connectivity index (χ3n) is 0. The number of rotatable bonds is 0. The Kier molecular flexibility index (Phi) is 14.2. The Hall–Kier alpha value is 0.00416. The summed E-state index contributed by atoms with van der Waals surface area (Å²) < 4.78 is 117. The van der Waals surface area contributed by atoms with Gasteiger partial charge < -0.3 is 51.8 Å². The van der Waals surface area contributed by atoms with E-state index in [1.54, 1.807) is 0 Å². The molecule has 0 N–H and O–H groups in total. The number of hydrogen-bond acceptors (Lipinski definition) is 0. The van der Waals surface area contributed by atoms with Gasteiger partial charge in [-0.25, -0.2) is 0 Å². The Morgan fingerprint density at radius 2 is 0.312 bits per heavy atom. The van der Waals surface area contributed by atoms with Crippen LogP contribution in [0.25, 0.3) is 0 Å². The number of halogens is 12. The molecule has 0 spiro atoms. The molecule has 0 aliphatic rings. The van der Waals surface area contributed by atoms with Gasteiger partial charge >= 0.3 is 41.9 Å². The maximum Gasteiger partial charge on any atom is 3.00 e. The SMILES string of the molecule is F[B-](F)(F)F.F[B-](F)(F)F.F[B-](F)(F)F.[Ir+3]. The minimum absolute atomic E-state index is 0. The summed E-state index contributed by atoms with van der Waals surface area (Å²) in [5.41, 5.74) is 0. The first-order valence-corrected chi connectivity index (χ1v) is 2.62. The van der Waals surface area contributed by atoms with Crippen LogP contribution in [0, 0.1) is 0 Å². The van der Waals surface area contributed by atoms with Crippen LogP contribution in [0.15, 0.2) is 0 Å². The average Bonchev–Trinajstić information content (AvgIpc) is 1.41. The van der Waals surface area contributed by atoms with Crippen molar-refractivity contribution >= 4 is 21.8 Å². The molecule has 0 aliphatic heterocycles. The van der Waals surface area contributed by atoms with E-state index in [-0.39, 0.29) is 20.1 Å². The first-order valence-electron chi connectivity index (χ1n) is 2.62. The minimum Gasteiger partial charge on any atom is -0.418 e. The van der Waals surface area contributed by atoms with Gasteiger partial charge in [-0.15, -0.1) is 0 Å². The predicted molar refractivity (Wildman–Crippen MR) is 30.6 cm³/mol. The molecule has 16 heteroatoms. The molecule has 102 valence electrons. The fourth-order valence-electron chi connectivity index (χ4n) is 0. The average molecular weight is 453 g/mol. The molecular formula is B3F12Ir. The van der Waals surface area contributed by atoms with E-state index >= 15 is 0 Å². The Labute approximate surface area is 94.4 Å². The van der Waals surface area contributed by atoms with Crippen LogP contribution in [0.2, 0.25) is 0 Å². The summed E-state index contributed by atoms with van der Waals surface area (Å²) >= 11 is 0. The fraction of sp³-hybridized carbons (Fsp3) is 0. The Balaban J connectivity index is -0.0000000655. The molecule has 0 rings (SSSR count). The van der Waals surface area contributed by atoms with Crippen LogP contribution in [-0.4, -0.2) is 21.8 Å². The van der Waals surface area contributed by atoms with Crippen molar-refractivity contribution in [3.63, 3.8) is 0 Å². The molecule has 0 aromatic rings. The van der Waals surface area contributed by atoms with Gasteiger partial charge in [-0.1, -0.05) is 0 Å². The minimum atomic E-state index is -6.00. The summed E-state index contributed by atoms with van der Waals surface area (Å²) in [6.45, 7) is 0. The maximum absolute atomic E-state index is 9.75. The molecule has 0 bridgehead atoms.